The number of carbonyl (C=O) groups is 3. The molecule has 2 aromatic carbocycles. The Morgan fingerprint density at radius 2 is 1.87 bits per heavy atom. The number of hydrogen-bond acceptors (Lipinski definition) is 6. The van der Waals surface area contributed by atoms with Gasteiger partial charge in [-0.15, -0.1) is 0 Å². The Morgan fingerprint density at radius 1 is 1.16 bits per heavy atom. The first-order chi connectivity index (χ1) is 14.8. The molecule has 2 amide bonds. The van der Waals surface area contributed by atoms with Gasteiger partial charge in [-0.3, -0.25) is 19.8 Å². The van der Waals surface area contributed by atoms with Crippen molar-refractivity contribution in [2.24, 2.45) is 0 Å². The Balaban J connectivity index is 1.92. The van der Waals surface area contributed by atoms with Crippen LogP contribution in [-0.2, 0) is 20.8 Å². The van der Waals surface area contributed by atoms with Crippen LogP contribution < -0.4 is 19.7 Å². The smallest absolute Gasteiger partial charge is 0.341 e. The molecule has 0 aromatic heterocycles. The third kappa shape index (κ3) is 4.89. The van der Waals surface area contributed by atoms with Gasteiger partial charge in [-0.1, -0.05) is 25.1 Å². The highest BCUT2D eigenvalue weighted by atomic mass is 32.1. The standard InChI is InChI=1S/C22H20N2O6S/c1-3-13-4-7-15(8-5-13)24-21(28)16(20(27)23-22(24)31)10-14-6-9-17(18(11-14)29-2)30-12-19(25)26/h4-11H,3,12H2,1-2H3,(H,25,26)(H,23,27,31)/b16-10+. The van der Waals surface area contributed by atoms with Crippen LogP contribution in [0.3, 0.4) is 0 Å². The van der Waals surface area contributed by atoms with E-state index < -0.39 is 24.4 Å². The molecule has 2 aromatic rings. The minimum atomic E-state index is -1.12. The Hall–Kier alpha value is -3.72. The van der Waals surface area contributed by atoms with Crippen LogP contribution in [0.4, 0.5) is 5.69 Å². The van der Waals surface area contributed by atoms with Crippen molar-refractivity contribution in [1.82, 2.24) is 5.32 Å². The Labute approximate surface area is 184 Å². The van der Waals surface area contributed by atoms with E-state index in [0.717, 1.165) is 12.0 Å². The number of nitrogens with zero attached hydrogens (tertiary/aromatic N) is 1. The highest BCUT2D eigenvalue weighted by Crippen LogP contribution is 2.30. The largest absolute Gasteiger partial charge is 0.493 e. The summed E-state index contributed by atoms with van der Waals surface area (Å²) < 4.78 is 10.4. The minimum Gasteiger partial charge on any atom is -0.493 e. The molecule has 0 spiro atoms. The number of carboxylic acids is 1. The van der Waals surface area contributed by atoms with Gasteiger partial charge >= 0.3 is 5.97 Å². The molecule has 160 valence electrons. The van der Waals surface area contributed by atoms with Crippen LogP contribution in [0.5, 0.6) is 11.5 Å². The number of thiocarbonyl (C=S) groups is 1. The van der Waals surface area contributed by atoms with Crippen LogP contribution in [0.1, 0.15) is 18.1 Å². The summed E-state index contributed by atoms with van der Waals surface area (Å²) in [6.07, 6.45) is 2.27. The van der Waals surface area contributed by atoms with Crippen molar-refractivity contribution >= 4 is 46.9 Å². The molecule has 8 nitrogen and oxygen atoms in total. The summed E-state index contributed by atoms with van der Waals surface area (Å²) in [7, 11) is 1.40. The van der Waals surface area contributed by atoms with Gasteiger partial charge in [0, 0.05) is 0 Å². The molecule has 0 atom stereocenters. The van der Waals surface area contributed by atoms with Gasteiger partial charge in [-0.05, 0) is 60.1 Å². The number of ether oxygens (including phenoxy) is 2. The van der Waals surface area contributed by atoms with Crippen molar-refractivity contribution in [3.05, 3.63) is 59.2 Å². The number of benzene rings is 2. The van der Waals surface area contributed by atoms with Crippen molar-refractivity contribution in [1.29, 1.82) is 0 Å². The predicted octanol–water partition coefficient (Wildman–Crippen LogP) is 2.55. The van der Waals surface area contributed by atoms with Crippen molar-refractivity contribution in [3.63, 3.8) is 0 Å². The van der Waals surface area contributed by atoms with E-state index >= 15 is 0 Å². The molecule has 1 saturated heterocycles. The van der Waals surface area contributed by atoms with Crippen molar-refractivity contribution in [2.75, 3.05) is 18.6 Å². The first-order valence-electron chi connectivity index (χ1n) is 9.37. The number of methoxy groups -OCH3 is 1. The summed E-state index contributed by atoms with van der Waals surface area (Å²) in [5.74, 6) is -1.79. The van der Waals surface area contributed by atoms with Crippen molar-refractivity contribution in [2.45, 2.75) is 13.3 Å². The van der Waals surface area contributed by atoms with Gasteiger partial charge in [0.15, 0.2) is 23.2 Å². The van der Waals surface area contributed by atoms with Crippen molar-refractivity contribution in [3.8, 4) is 11.5 Å². The fourth-order valence-corrected chi connectivity index (χ4v) is 3.25. The Morgan fingerprint density at radius 3 is 2.48 bits per heavy atom. The SMILES string of the molecule is CCc1ccc(N2C(=O)/C(=C/c3ccc(OCC(=O)O)c(OC)c3)C(=O)NC2=S)cc1. The van der Waals surface area contributed by atoms with Crippen LogP contribution in [-0.4, -0.2) is 41.7 Å². The molecule has 0 aliphatic carbocycles. The first kappa shape index (κ1) is 22.0. The first-order valence-corrected chi connectivity index (χ1v) is 9.78. The number of anilines is 1. The zero-order valence-corrected chi connectivity index (χ0v) is 17.7. The van der Waals surface area contributed by atoms with Gasteiger partial charge < -0.3 is 14.6 Å². The van der Waals surface area contributed by atoms with Gasteiger partial charge in [0.25, 0.3) is 11.8 Å². The third-order valence-electron chi connectivity index (χ3n) is 4.55. The molecule has 0 bridgehead atoms. The number of aryl methyl sites for hydroxylation is 1. The highest BCUT2D eigenvalue weighted by Gasteiger charge is 2.34. The van der Waals surface area contributed by atoms with Gasteiger partial charge in [-0.2, -0.15) is 0 Å². The quantitative estimate of drug-likeness (QED) is 0.387. The zero-order valence-electron chi connectivity index (χ0n) is 16.9. The topological polar surface area (TPSA) is 105 Å². The van der Waals surface area contributed by atoms with Gasteiger partial charge in [0.2, 0.25) is 0 Å². The lowest BCUT2D eigenvalue weighted by Crippen LogP contribution is -2.54. The van der Waals surface area contributed by atoms with Crippen LogP contribution in [0.2, 0.25) is 0 Å². The third-order valence-corrected chi connectivity index (χ3v) is 4.84. The van der Waals surface area contributed by atoms with E-state index in [9.17, 15) is 14.4 Å². The maximum atomic E-state index is 13.1. The molecule has 2 N–H and O–H groups in total. The minimum absolute atomic E-state index is 0.00592. The van der Waals surface area contributed by atoms with E-state index in [2.05, 4.69) is 5.32 Å². The summed E-state index contributed by atoms with van der Waals surface area (Å²) in [5.41, 5.74) is 2.05. The average Bonchev–Trinajstić information content (AvgIpc) is 2.75. The summed E-state index contributed by atoms with van der Waals surface area (Å²) in [6, 6.07) is 12.0. The van der Waals surface area contributed by atoms with E-state index in [-0.39, 0.29) is 22.2 Å². The van der Waals surface area contributed by atoms with Crippen LogP contribution >= 0.6 is 12.2 Å². The maximum Gasteiger partial charge on any atom is 0.341 e. The highest BCUT2D eigenvalue weighted by molar-refractivity contribution is 7.80. The fraction of sp³-hybridized carbons (Fsp3) is 0.182. The van der Waals surface area contributed by atoms with Crippen LogP contribution in [0.15, 0.2) is 48.0 Å². The molecule has 0 unspecified atom stereocenters. The van der Waals surface area contributed by atoms with Crippen molar-refractivity contribution < 1.29 is 29.0 Å². The molecular formula is C22H20N2O6S. The number of hydrogen-bond donors (Lipinski definition) is 2. The van der Waals surface area contributed by atoms with E-state index in [1.807, 2.05) is 19.1 Å². The molecule has 31 heavy (non-hydrogen) atoms. The second-order valence-corrected chi connectivity index (χ2v) is 6.96. The van der Waals surface area contributed by atoms with Gasteiger partial charge in [-0.25, -0.2) is 4.79 Å². The van der Waals surface area contributed by atoms with Crippen LogP contribution in [0.25, 0.3) is 6.08 Å². The van der Waals surface area contributed by atoms with E-state index in [0.29, 0.717) is 11.3 Å². The number of carboxylic acid groups (broad SMARTS) is 1. The molecule has 9 heteroatoms. The lowest BCUT2D eigenvalue weighted by Gasteiger charge is -2.29. The number of rotatable bonds is 7. The lowest BCUT2D eigenvalue weighted by atomic mass is 10.1. The summed E-state index contributed by atoms with van der Waals surface area (Å²) in [6.45, 7) is 1.50. The molecule has 1 fully saturated rings. The normalized spacial score (nSPS) is 15.1. The molecule has 1 heterocycles. The lowest BCUT2D eigenvalue weighted by molar-refractivity contribution is -0.139. The van der Waals surface area contributed by atoms with E-state index in [1.165, 1.54) is 30.2 Å². The number of nitrogens with one attached hydrogen (secondary N) is 1. The van der Waals surface area contributed by atoms with Gasteiger partial charge in [0.05, 0.1) is 12.8 Å². The van der Waals surface area contributed by atoms with Crippen LogP contribution in [0, 0.1) is 0 Å². The number of carbonyl (C=O) groups excluding carboxylic acids is 2. The summed E-state index contributed by atoms with van der Waals surface area (Å²) in [4.78, 5) is 37.5. The zero-order chi connectivity index (χ0) is 22.5. The maximum absolute atomic E-state index is 13.1. The second kappa shape index (κ2) is 9.40. The predicted molar refractivity (Wildman–Crippen MR) is 118 cm³/mol. The molecule has 1 aliphatic heterocycles. The van der Waals surface area contributed by atoms with E-state index in [1.54, 1.807) is 18.2 Å². The Kier molecular flexibility index (Phi) is 6.66. The molecular weight excluding hydrogens is 420 g/mol. The summed E-state index contributed by atoms with van der Waals surface area (Å²) in [5, 5.41) is 11.3. The Bertz CT molecular complexity index is 1080. The van der Waals surface area contributed by atoms with Gasteiger partial charge in [0.1, 0.15) is 5.57 Å². The summed E-state index contributed by atoms with van der Waals surface area (Å²) >= 11 is 5.21. The molecule has 0 saturated carbocycles. The fourth-order valence-electron chi connectivity index (χ4n) is 2.97. The average molecular weight is 440 g/mol. The number of aliphatic carboxylic acids is 1. The molecule has 0 radical (unpaired) electrons. The van der Waals surface area contributed by atoms with E-state index in [4.69, 9.17) is 26.8 Å². The monoisotopic (exact) mass is 440 g/mol. The second-order valence-electron chi connectivity index (χ2n) is 6.57. The number of amides is 2. The molecule has 1 aliphatic rings. The molecule has 3 rings (SSSR count).